The van der Waals surface area contributed by atoms with Crippen LogP contribution >= 0.6 is 0 Å². The summed E-state index contributed by atoms with van der Waals surface area (Å²) in [6.07, 6.45) is 13.8. The largest absolute Gasteiger partial charge is 0.413 e. The first-order chi connectivity index (χ1) is 18.1. The predicted molar refractivity (Wildman–Crippen MR) is 169 cm³/mol. The van der Waals surface area contributed by atoms with E-state index in [1.807, 2.05) is 0 Å². The molecule has 0 heterocycles. The number of hydrogen-bond acceptors (Lipinski definition) is 3. The van der Waals surface area contributed by atoms with Crippen LogP contribution in [0.3, 0.4) is 0 Å². The molecule has 1 unspecified atom stereocenters. The van der Waals surface area contributed by atoms with Crippen LogP contribution in [0.4, 0.5) is 0 Å². The normalized spacial score (nSPS) is 50.5. The quantitative estimate of drug-likeness (QED) is 0.209. The Hall–Kier alpha value is -0.453. The van der Waals surface area contributed by atoms with Gasteiger partial charge in [0.15, 0.2) is 8.32 Å². The Morgan fingerprint density at radius 1 is 0.900 bits per heavy atom. The van der Waals surface area contributed by atoms with Crippen molar-refractivity contribution in [1.29, 1.82) is 0 Å². The Kier molecular flexibility index (Phi) is 7.00. The molecule has 0 saturated heterocycles. The SMILES string of the molecule is CC1(C)C[C@@H](O)[C@]2(C)CC[C@]3(C)C(=CC[C@@H]4[C@@]5(C)CC[C@H](O[Si](C)(C)C(C)(C)C)[C@](C)(C=O)C5CC[C@]43C)[C@@H]2C1. The number of carbonyl (C=O) groups is 1. The highest BCUT2D eigenvalue weighted by atomic mass is 28.4. The zero-order chi connectivity index (χ0) is 29.9. The number of aliphatic hydroxyl groups excluding tert-OH is 1. The molecule has 0 amide bonds. The third-order valence-electron chi connectivity index (χ3n) is 15.3. The second kappa shape index (κ2) is 9.04. The van der Waals surface area contributed by atoms with Crippen LogP contribution in [0.15, 0.2) is 11.6 Å². The molecule has 10 atom stereocenters. The van der Waals surface area contributed by atoms with Gasteiger partial charge in [-0.15, -0.1) is 0 Å². The Bertz CT molecular complexity index is 1070. The predicted octanol–water partition coefficient (Wildman–Crippen LogP) is 9.35. The van der Waals surface area contributed by atoms with Crippen LogP contribution in [-0.4, -0.2) is 31.9 Å². The first kappa shape index (κ1) is 31.0. The monoisotopic (exact) mass is 570 g/mol. The molecule has 4 fully saturated rings. The van der Waals surface area contributed by atoms with Crippen LogP contribution in [0, 0.1) is 50.2 Å². The van der Waals surface area contributed by atoms with E-state index in [0.717, 1.165) is 38.5 Å². The van der Waals surface area contributed by atoms with E-state index in [1.165, 1.54) is 25.5 Å². The van der Waals surface area contributed by atoms with Crippen molar-refractivity contribution >= 4 is 14.6 Å². The van der Waals surface area contributed by atoms with Crippen molar-refractivity contribution in [1.82, 2.24) is 0 Å². The van der Waals surface area contributed by atoms with E-state index < -0.39 is 13.7 Å². The van der Waals surface area contributed by atoms with E-state index in [-0.39, 0.29) is 44.3 Å². The first-order valence-corrected chi connectivity index (χ1v) is 19.5. The summed E-state index contributed by atoms with van der Waals surface area (Å²) in [4.78, 5) is 13.1. The fourth-order valence-electron chi connectivity index (χ4n) is 11.3. The fourth-order valence-corrected chi connectivity index (χ4v) is 12.7. The number of aliphatic hydroxyl groups is 1. The first-order valence-electron chi connectivity index (χ1n) is 16.6. The maximum atomic E-state index is 13.1. The molecule has 3 nitrogen and oxygen atoms in total. The molecule has 1 N–H and O–H groups in total. The molecule has 0 bridgehead atoms. The number of aldehydes is 1. The zero-order valence-electron chi connectivity index (χ0n) is 28.2. The van der Waals surface area contributed by atoms with Crippen LogP contribution < -0.4 is 0 Å². The minimum atomic E-state index is -1.99. The smallest absolute Gasteiger partial charge is 0.192 e. The summed E-state index contributed by atoms with van der Waals surface area (Å²) in [5.74, 6) is 1.41. The Morgan fingerprint density at radius 3 is 2.15 bits per heavy atom. The number of hydrogen-bond donors (Lipinski definition) is 1. The molecule has 228 valence electrons. The average molecular weight is 571 g/mol. The average Bonchev–Trinajstić information content (AvgIpc) is 2.82. The summed E-state index contributed by atoms with van der Waals surface area (Å²) < 4.78 is 7.08. The van der Waals surface area contributed by atoms with Crippen molar-refractivity contribution in [3.63, 3.8) is 0 Å². The van der Waals surface area contributed by atoms with Crippen LogP contribution in [0.1, 0.15) is 127 Å². The standard InChI is InChI=1S/C36H62O3Si/c1-30(2,3)40(11,12)39-29-16-17-33(7)26(34(29,8)23-37)15-18-36(10)27(33)14-13-24-25-21-31(4,5)22-28(38)32(25,6)19-20-35(24,36)9/h13,23,25-29,38H,14-22H2,1-12H3/t25-,26?,27+,28+,29-,32+,33-,34+,35+,36+/m0/s1. The Morgan fingerprint density at radius 2 is 1.55 bits per heavy atom. The molecule has 5 aliphatic rings. The van der Waals surface area contributed by atoms with Gasteiger partial charge < -0.3 is 14.3 Å². The molecule has 4 saturated carbocycles. The molecule has 0 aromatic carbocycles. The van der Waals surface area contributed by atoms with E-state index in [1.54, 1.807) is 5.57 Å². The fraction of sp³-hybridized carbons (Fsp3) is 0.917. The maximum absolute atomic E-state index is 13.1. The third-order valence-corrected chi connectivity index (χ3v) is 19.8. The maximum Gasteiger partial charge on any atom is 0.192 e. The lowest BCUT2D eigenvalue weighted by Gasteiger charge is -2.71. The Labute approximate surface area is 247 Å². The summed E-state index contributed by atoms with van der Waals surface area (Å²) in [6.45, 7) is 28.8. The van der Waals surface area contributed by atoms with Gasteiger partial charge in [0.1, 0.15) is 6.29 Å². The summed E-state index contributed by atoms with van der Waals surface area (Å²) in [7, 11) is -1.99. The highest BCUT2D eigenvalue weighted by molar-refractivity contribution is 6.74. The van der Waals surface area contributed by atoms with Crippen molar-refractivity contribution < 1.29 is 14.3 Å². The van der Waals surface area contributed by atoms with Crippen molar-refractivity contribution in [3.05, 3.63) is 11.6 Å². The molecule has 0 radical (unpaired) electrons. The van der Waals surface area contributed by atoms with Crippen LogP contribution in [0.25, 0.3) is 0 Å². The molecule has 0 aliphatic heterocycles. The van der Waals surface area contributed by atoms with Gasteiger partial charge in [0.05, 0.1) is 17.6 Å². The summed E-state index contributed by atoms with van der Waals surface area (Å²) in [6, 6.07) is 0. The topological polar surface area (TPSA) is 46.5 Å². The van der Waals surface area contributed by atoms with Crippen molar-refractivity contribution in [2.75, 3.05) is 0 Å². The van der Waals surface area contributed by atoms with E-state index in [0.29, 0.717) is 17.8 Å². The zero-order valence-corrected chi connectivity index (χ0v) is 29.2. The molecule has 0 aromatic rings. The lowest BCUT2D eigenvalue weighted by molar-refractivity contribution is -0.204. The Balaban J connectivity index is 1.52. The van der Waals surface area contributed by atoms with Gasteiger partial charge >= 0.3 is 0 Å². The number of carbonyl (C=O) groups excluding carboxylic acids is 1. The second-order valence-corrected chi connectivity index (χ2v) is 23.6. The second-order valence-electron chi connectivity index (χ2n) is 18.8. The lowest BCUT2D eigenvalue weighted by Crippen LogP contribution is -2.66. The molecular formula is C36H62O3Si. The van der Waals surface area contributed by atoms with Crippen molar-refractivity contribution in [2.45, 2.75) is 157 Å². The van der Waals surface area contributed by atoms with E-state index in [2.05, 4.69) is 88.4 Å². The minimum Gasteiger partial charge on any atom is -0.413 e. The molecular weight excluding hydrogens is 508 g/mol. The number of fused-ring (bicyclic) bond motifs is 7. The molecule has 4 heteroatoms. The van der Waals surface area contributed by atoms with E-state index >= 15 is 0 Å². The van der Waals surface area contributed by atoms with Gasteiger partial charge in [0.25, 0.3) is 0 Å². The highest BCUT2D eigenvalue weighted by Crippen LogP contribution is 2.75. The van der Waals surface area contributed by atoms with Crippen molar-refractivity contribution in [3.8, 4) is 0 Å². The van der Waals surface area contributed by atoms with Crippen molar-refractivity contribution in [2.24, 2.45) is 50.2 Å². The highest BCUT2D eigenvalue weighted by Gasteiger charge is 2.69. The van der Waals surface area contributed by atoms with E-state index in [9.17, 15) is 9.90 Å². The van der Waals surface area contributed by atoms with Gasteiger partial charge in [0.2, 0.25) is 0 Å². The van der Waals surface area contributed by atoms with Gasteiger partial charge in [0, 0.05) is 5.41 Å². The van der Waals surface area contributed by atoms with Gasteiger partial charge in [-0.1, -0.05) is 80.9 Å². The third kappa shape index (κ3) is 4.03. The number of rotatable bonds is 3. The molecule has 0 spiro atoms. The summed E-state index contributed by atoms with van der Waals surface area (Å²) in [5.41, 5.74) is 1.94. The lowest BCUT2D eigenvalue weighted by atomic mass is 9.33. The summed E-state index contributed by atoms with van der Waals surface area (Å²) >= 11 is 0. The molecule has 5 rings (SSSR count). The minimum absolute atomic E-state index is 0.000396. The summed E-state index contributed by atoms with van der Waals surface area (Å²) in [5, 5.41) is 11.6. The van der Waals surface area contributed by atoms with Gasteiger partial charge in [-0.2, -0.15) is 0 Å². The molecule has 0 aromatic heterocycles. The van der Waals surface area contributed by atoms with Gasteiger partial charge in [-0.25, -0.2) is 0 Å². The van der Waals surface area contributed by atoms with Crippen LogP contribution in [0.2, 0.25) is 18.1 Å². The van der Waals surface area contributed by atoms with E-state index in [4.69, 9.17) is 4.43 Å². The van der Waals surface area contributed by atoms with Crippen LogP contribution in [-0.2, 0) is 9.22 Å². The van der Waals surface area contributed by atoms with Gasteiger partial charge in [-0.05, 0) is 115 Å². The molecule has 5 aliphatic carbocycles. The van der Waals surface area contributed by atoms with Crippen LogP contribution in [0.5, 0.6) is 0 Å². The number of allylic oxidation sites excluding steroid dienone is 2. The molecule has 40 heavy (non-hydrogen) atoms. The van der Waals surface area contributed by atoms with Gasteiger partial charge in [-0.3, -0.25) is 0 Å².